The Hall–Kier alpha value is -1.76. The van der Waals surface area contributed by atoms with Crippen LogP contribution in [0.25, 0.3) is 20.8 Å². The van der Waals surface area contributed by atoms with Gasteiger partial charge in [-0.05, 0) is 24.6 Å². The zero-order valence-corrected chi connectivity index (χ0v) is 14.4. The van der Waals surface area contributed by atoms with Gasteiger partial charge in [0.05, 0.1) is 26.2 Å². The Morgan fingerprint density at radius 1 is 1.29 bits per heavy atom. The molecule has 4 nitrogen and oxygen atoms in total. The van der Waals surface area contributed by atoms with Gasteiger partial charge in [-0.15, -0.1) is 11.3 Å². The summed E-state index contributed by atoms with van der Waals surface area (Å²) in [5, 5.41) is 4.32. The molecule has 24 heavy (non-hydrogen) atoms. The number of alkyl halides is 1. The van der Waals surface area contributed by atoms with Crippen molar-refractivity contribution in [3.8, 4) is 10.6 Å². The number of rotatable bonds is 3. The van der Waals surface area contributed by atoms with E-state index in [1.165, 1.54) is 11.3 Å². The highest BCUT2D eigenvalue weighted by Crippen LogP contribution is 2.41. The minimum absolute atomic E-state index is 0.269. The molecule has 1 N–H and O–H groups in total. The summed E-state index contributed by atoms with van der Waals surface area (Å²) in [6, 6.07) is 6.98. The number of pyridine rings is 1. The van der Waals surface area contributed by atoms with Crippen LogP contribution in [0.4, 0.5) is 10.2 Å². The maximum absolute atomic E-state index is 13.0. The predicted molar refractivity (Wildman–Crippen MR) is 94.5 cm³/mol. The lowest BCUT2D eigenvalue weighted by atomic mass is 10.2. The highest BCUT2D eigenvalue weighted by atomic mass is 35.5. The van der Waals surface area contributed by atoms with Gasteiger partial charge in [-0.25, -0.2) is 14.4 Å². The molecular weight excluding hydrogens is 372 g/mol. The first-order chi connectivity index (χ1) is 11.5. The van der Waals surface area contributed by atoms with E-state index < -0.39 is 12.1 Å². The van der Waals surface area contributed by atoms with Gasteiger partial charge in [-0.1, -0.05) is 29.3 Å². The molecule has 0 aliphatic heterocycles. The van der Waals surface area contributed by atoms with Crippen molar-refractivity contribution >= 4 is 56.5 Å². The van der Waals surface area contributed by atoms with E-state index in [2.05, 4.69) is 15.3 Å². The van der Waals surface area contributed by atoms with Gasteiger partial charge in [-0.2, -0.15) is 0 Å². The molecule has 0 spiro atoms. The molecule has 0 saturated heterocycles. The third-order valence-electron chi connectivity index (χ3n) is 3.77. The predicted octanol–water partition coefficient (Wildman–Crippen LogP) is 4.96. The van der Waals surface area contributed by atoms with Crippen LogP contribution in [0.5, 0.6) is 0 Å². The number of fused-ring (bicyclic) bond motifs is 1. The molecule has 0 bridgehead atoms. The van der Waals surface area contributed by atoms with Crippen LogP contribution in [-0.4, -0.2) is 22.0 Å². The number of nitrogens with zero attached hydrogens (tertiary/aromatic N) is 2. The molecule has 3 aromatic rings. The lowest BCUT2D eigenvalue weighted by Gasteiger charge is -2.03. The first kappa shape index (κ1) is 15.7. The van der Waals surface area contributed by atoms with Crippen LogP contribution in [0.15, 0.2) is 30.5 Å². The summed E-state index contributed by atoms with van der Waals surface area (Å²) >= 11 is 13.8. The van der Waals surface area contributed by atoms with E-state index in [0.29, 0.717) is 36.7 Å². The topological polar surface area (TPSA) is 54.9 Å². The monoisotopic (exact) mass is 381 g/mol. The fourth-order valence-corrected chi connectivity index (χ4v) is 4.16. The van der Waals surface area contributed by atoms with E-state index in [4.69, 9.17) is 23.2 Å². The fourth-order valence-electron chi connectivity index (χ4n) is 2.40. The van der Waals surface area contributed by atoms with Crippen LogP contribution >= 0.6 is 34.5 Å². The van der Waals surface area contributed by atoms with Crippen LogP contribution in [0.1, 0.15) is 6.42 Å². The second-order valence-corrected chi connectivity index (χ2v) is 7.28. The Balaban J connectivity index is 1.76. The van der Waals surface area contributed by atoms with Crippen LogP contribution < -0.4 is 5.32 Å². The van der Waals surface area contributed by atoms with E-state index >= 15 is 0 Å². The van der Waals surface area contributed by atoms with Crippen LogP contribution in [-0.2, 0) is 4.79 Å². The number of anilines is 1. The molecule has 2 aromatic heterocycles. The molecule has 2 atom stereocenters. The first-order valence-electron chi connectivity index (χ1n) is 7.19. The Bertz CT molecular complexity index is 941. The number of thiazole rings is 1. The normalized spacial score (nSPS) is 19.5. The highest BCUT2D eigenvalue weighted by Gasteiger charge is 2.43. The Kier molecular flexibility index (Phi) is 3.90. The Morgan fingerprint density at radius 3 is 2.67 bits per heavy atom. The minimum Gasteiger partial charge on any atom is -0.309 e. The number of carbonyl (C=O) groups is 1. The molecule has 0 radical (unpaired) electrons. The van der Waals surface area contributed by atoms with Crippen LogP contribution in [0.2, 0.25) is 10.0 Å². The van der Waals surface area contributed by atoms with Gasteiger partial charge < -0.3 is 5.32 Å². The van der Waals surface area contributed by atoms with E-state index in [1.807, 2.05) is 0 Å². The molecule has 0 unspecified atom stereocenters. The average Bonchev–Trinajstić information content (AvgIpc) is 3.11. The number of hydrogen-bond donors (Lipinski definition) is 1. The number of carbonyl (C=O) groups excluding carboxylic acids is 1. The zero-order valence-electron chi connectivity index (χ0n) is 12.1. The maximum Gasteiger partial charge on any atom is 0.231 e. The molecular formula is C16H10Cl2FN3OS. The molecule has 8 heteroatoms. The summed E-state index contributed by atoms with van der Waals surface area (Å²) in [5.74, 6) is -0.552. The van der Waals surface area contributed by atoms with Crippen molar-refractivity contribution in [3.63, 3.8) is 0 Å². The SMILES string of the molecule is O=C(Nc1nccc2nc(-c3c(Cl)cccc3Cl)sc12)[C@H]1C[C@@H]1F. The van der Waals surface area contributed by atoms with E-state index in [9.17, 15) is 9.18 Å². The van der Waals surface area contributed by atoms with Gasteiger partial charge in [0.15, 0.2) is 5.82 Å². The van der Waals surface area contributed by atoms with Crippen molar-refractivity contribution < 1.29 is 9.18 Å². The maximum atomic E-state index is 13.0. The average molecular weight is 382 g/mol. The fraction of sp³-hybridized carbons (Fsp3) is 0.188. The number of hydrogen-bond acceptors (Lipinski definition) is 4. The van der Waals surface area contributed by atoms with Gasteiger partial charge in [0, 0.05) is 11.8 Å². The second kappa shape index (κ2) is 5.95. The van der Waals surface area contributed by atoms with Crippen LogP contribution in [0, 0.1) is 5.92 Å². The lowest BCUT2D eigenvalue weighted by Crippen LogP contribution is -2.15. The molecule has 1 aliphatic carbocycles. The van der Waals surface area contributed by atoms with Gasteiger partial charge in [0.25, 0.3) is 0 Å². The van der Waals surface area contributed by atoms with Crippen molar-refractivity contribution in [2.24, 2.45) is 5.92 Å². The van der Waals surface area contributed by atoms with Crippen molar-refractivity contribution in [2.45, 2.75) is 12.6 Å². The number of benzene rings is 1. The van der Waals surface area contributed by atoms with Crippen molar-refractivity contribution in [1.82, 2.24) is 9.97 Å². The standard InChI is InChI=1S/C16H10Cl2FN3OS/c17-8-2-1-3-9(18)12(8)16-21-11-4-5-20-14(13(11)24-16)22-15(23)7-6-10(7)19/h1-5,7,10H,6H2,(H,20,22,23)/t7-,10-/m0/s1. The van der Waals surface area contributed by atoms with Crippen molar-refractivity contribution in [1.29, 1.82) is 0 Å². The number of halogens is 3. The quantitative estimate of drug-likeness (QED) is 0.697. The smallest absolute Gasteiger partial charge is 0.231 e. The molecule has 122 valence electrons. The third-order valence-corrected chi connectivity index (χ3v) is 5.50. The Labute approximate surface area is 150 Å². The molecule has 2 heterocycles. The highest BCUT2D eigenvalue weighted by molar-refractivity contribution is 7.22. The first-order valence-corrected chi connectivity index (χ1v) is 8.76. The molecule has 1 saturated carbocycles. The van der Waals surface area contributed by atoms with Gasteiger partial charge >= 0.3 is 0 Å². The summed E-state index contributed by atoms with van der Waals surface area (Å²) in [4.78, 5) is 20.7. The summed E-state index contributed by atoms with van der Waals surface area (Å²) in [6.07, 6.45) is 0.767. The van der Waals surface area contributed by atoms with Gasteiger partial charge in [-0.3, -0.25) is 4.79 Å². The number of amides is 1. The largest absolute Gasteiger partial charge is 0.309 e. The Morgan fingerprint density at radius 2 is 2.00 bits per heavy atom. The summed E-state index contributed by atoms with van der Waals surface area (Å²) in [5.41, 5.74) is 1.31. The molecule has 1 amide bonds. The summed E-state index contributed by atoms with van der Waals surface area (Å²) in [6.45, 7) is 0. The number of aromatic nitrogens is 2. The van der Waals surface area contributed by atoms with E-state index in [1.54, 1.807) is 30.5 Å². The minimum atomic E-state index is -1.05. The number of nitrogens with one attached hydrogen (secondary N) is 1. The third kappa shape index (κ3) is 2.75. The molecule has 1 fully saturated rings. The lowest BCUT2D eigenvalue weighted by molar-refractivity contribution is -0.117. The van der Waals surface area contributed by atoms with Crippen molar-refractivity contribution in [3.05, 3.63) is 40.5 Å². The van der Waals surface area contributed by atoms with Crippen LogP contribution in [0.3, 0.4) is 0 Å². The summed E-state index contributed by atoms with van der Waals surface area (Å²) < 4.78 is 13.7. The van der Waals surface area contributed by atoms with E-state index in [-0.39, 0.29) is 12.3 Å². The van der Waals surface area contributed by atoms with Gasteiger partial charge in [0.1, 0.15) is 11.2 Å². The molecule has 4 rings (SSSR count). The molecule has 1 aromatic carbocycles. The summed E-state index contributed by atoms with van der Waals surface area (Å²) in [7, 11) is 0. The van der Waals surface area contributed by atoms with E-state index in [0.717, 1.165) is 0 Å². The van der Waals surface area contributed by atoms with Crippen molar-refractivity contribution in [2.75, 3.05) is 5.32 Å². The second-order valence-electron chi connectivity index (χ2n) is 5.47. The zero-order chi connectivity index (χ0) is 16.8. The molecule has 1 aliphatic rings. The van der Waals surface area contributed by atoms with Gasteiger partial charge in [0.2, 0.25) is 5.91 Å².